The maximum absolute atomic E-state index is 13.5. The normalized spacial score (nSPS) is 20.5. The second kappa shape index (κ2) is 8.47. The number of hydrogen-bond donors (Lipinski definition) is 0. The van der Waals surface area contributed by atoms with Crippen molar-refractivity contribution < 1.29 is 19.3 Å². The van der Waals surface area contributed by atoms with Crippen LogP contribution in [0.25, 0.3) is 0 Å². The van der Waals surface area contributed by atoms with E-state index in [9.17, 15) is 24.5 Å². The molecule has 0 aromatic heterocycles. The van der Waals surface area contributed by atoms with E-state index < -0.39 is 34.5 Å². The number of imide groups is 1. The highest BCUT2D eigenvalue weighted by Crippen LogP contribution is 2.39. The van der Waals surface area contributed by atoms with Crippen LogP contribution in [-0.4, -0.2) is 32.7 Å². The number of fused-ring (bicyclic) bond motifs is 1. The lowest BCUT2D eigenvalue weighted by Gasteiger charge is -2.30. The quantitative estimate of drug-likeness (QED) is 0.397. The van der Waals surface area contributed by atoms with Gasteiger partial charge in [0.2, 0.25) is 0 Å². The SMILES string of the molecule is O=C(c1ccccc1Cl)N(Cc1ccccc1[N+](=O)[O-])N1C(=O)[C@H]2CCCC[C@@H]2C1=O. The van der Waals surface area contributed by atoms with Gasteiger partial charge < -0.3 is 0 Å². The van der Waals surface area contributed by atoms with E-state index in [0.717, 1.165) is 22.9 Å². The third kappa shape index (κ3) is 3.79. The highest BCUT2D eigenvalue weighted by Gasteiger charge is 2.51. The molecule has 2 fully saturated rings. The lowest BCUT2D eigenvalue weighted by molar-refractivity contribution is -0.385. The van der Waals surface area contributed by atoms with Crippen LogP contribution in [0.1, 0.15) is 41.6 Å². The van der Waals surface area contributed by atoms with Gasteiger partial charge in [0.1, 0.15) is 0 Å². The van der Waals surface area contributed by atoms with Crippen LogP contribution in [-0.2, 0) is 16.1 Å². The monoisotopic (exact) mass is 441 g/mol. The number of hydrogen-bond acceptors (Lipinski definition) is 5. The number of rotatable bonds is 5. The van der Waals surface area contributed by atoms with Crippen LogP contribution in [0.2, 0.25) is 5.02 Å². The smallest absolute Gasteiger partial charge is 0.272 e. The molecule has 0 N–H and O–H groups in total. The molecule has 0 spiro atoms. The predicted molar refractivity (Wildman–Crippen MR) is 112 cm³/mol. The summed E-state index contributed by atoms with van der Waals surface area (Å²) in [7, 11) is 0. The van der Waals surface area contributed by atoms with Gasteiger partial charge in [-0.2, -0.15) is 5.01 Å². The number of nitrogens with zero attached hydrogens (tertiary/aromatic N) is 3. The summed E-state index contributed by atoms with van der Waals surface area (Å²) in [5.41, 5.74) is 0.123. The molecule has 1 heterocycles. The molecule has 1 saturated carbocycles. The molecule has 1 aliphatic heterocycles. The van der Waals surface area contributed by atoms with Gasteiger partial charge in [-0.05, 0) is 25.0 Å². The van der Waals surface area contributed by atoms with Gasteiger partial charge in [-0.1, -0.05) is 54.8 Å². The Morgan fingerprint density at radius 2 is 1.61 bits per heavy atom. The van der Waals surface area contributed by atoms with E-state index in [0.29, 0.717) is 12.8 Å². The maximum Gasteiger partial charge on any atom is 0.274 e. The molecule has 4 rings (SSSR count). The number of nitro groups is 1. The standard InChI is InChI=1S/C22H20ClN3O5/c23-18-11-5-4-10-17(18)20(27)24(13-14-7-1-6-12-19(14)26(30)31)25-21(28)15-8-2-3-9-16(15)22(25)29/h1,4-7,10-12,15-16H,2-3,8-9,13H2/t15-,16-/m0/s1. The van der Waals surface area contributed by atoms with Crippen LogP contribution >= 0.6 is 11.6 Å². The van der Waals surface area contributed by atoms with Gasteiger partial charge in [0, 0.05) is 6.07 Å². The third-order valence-electron chi connectivity index (χ3n) is 5.91. The van der Waals surface area contributed by atoms with Crippen LogP contribution in [0.3, 0.4) is 0 Å². The van der Waals surface area contributed by atoms with E-state index in [-0.39, 0.29) is 28.4 Å². The van der Waals surface area contributed by atoms with Gasteiger partial charge in [0.25, 0.3) is 23.4 Å². The first kappa shape index (κ1) is 21.0. The van der Waals surface area contributed by atoms with Gasteiger partial charge >= 0.3 is 0 Å². The number of halogens is 1. The van der Waals surface area contributed by atoms with Crippen LogP contribution in [0.4, 0.5) is 5.69 Å². The van der Waals surface area contributed by atoms with Crippen LogP contribution in [0, 0.1) is 22.0 Å². The molecule has 3 amide bonds. The molecule has 1 saturated heterocycles. The third-order valence-corrected chi connectivity index (χ3v) is 6.24. The van der Waals surface area contributed by atoms with Crippen molar-refractivity contribution in [2.75, 3.05) is 0 Å². The zero-order valence-corrected chi connectivity index (χ0v) is 17.3. The summed E-state index contributed by atoms with van der Waals surface area (Å²) >= 11 is 6.21. The first-order chi connectivity index (χ1) is 14.9. The number of hydrazine groups is 1. The largest absolute Gasteiger partial charge is 0.274 e. The number of carbonyl (C=O) groups excluding carboxylic acids is 3. The molecule has 0 radical (unpaired) electrons. The summed E-state index contributed by atoms with van der Waals surface area (Å²) < 4.78 is 0. The average Bonchev–Trinajstić information content (AvgIpc) is 3.02. The van der Waals surface area contributed by atoms with E-state index in [1.807, 2.05) is 0 Å². The molecule has 1 aliphatic carbocycles. The highest BCUT2D eigenvalue weighted by atomic mass is 35.5. The Hall–Kier alpha value is -3.26. The molecule has 31 heavy (non-hydrogen) atoms. The topological polar surface area (TPSA) is 101 Å². The van der Waals surface area contributed by atoms with Crippen molar-refractivity contribution in [1.29, 1.82) is 0 Å². The zero-order valence-electron chi connectivity index (χ0n) is 16.6. The van der Waals surface area contributed by atoms with E-state index in [4.69, 9.17) is 11.6 Å². The van der Waals surface area contributed by atoms with Crippen LogP contribution in [0.5, 0.6) is 0 Å². The zero-order chi connectivity index (χ0) is 22.1. The molecular formula is C22H20ClN3O5. The first-order valence-corrected chi connectivity index (χ1v) is 10.4. The Morgan fingerprint density at radius 3 is 2.23 bits per heavy atom. The maximum atomic E-state index is 13.5. The minimum Gasteiger partial charge on any atom is -0.272 e. The number of carbonyl (C=O) groups is 3. The van der Waals surface area contributed by atoms with Crippen LogP contribution < -0.4 is 0 Å². The molecule has 2 aromatic rings. The molecule has 0 bridgehead atoms. The Kier molecular flexibility index (Phi) is 5.73. The van der Waals surface area contributed by atoms with E-state index in [1.54, 1.807) is 18.2 Å². The summed E-state index contributed by atoms with van der Waals surface area (Å²) in [5.74, 6) is -2.46. The Bertz CT molecular complexity index is 1050. The first-order valence-electron chi connectivity index (χ1n) is 10.1. The lowest BCUT2D eigenvalue weighted by atomic mass is 9.81. The second-order valence-corrected chi connectivity index (χ2v) is 8.12. The second-order valence-electron chi connectivity index (χ2n) is 7.71. The average molecular weight is 442 g/mol. The molecule has 8 nitrogen and oxygen atoms in total. The molecule has 2 atom stereocenters. The molecular weight excluding hydrogens is 422 g/mol. The van der Waals surface area contributed by atoms with Crippen molar-refractivity contribution in [2.45, 2.75) is 32.2 Å². The summed E-state index contributed by atoms with van der Waals surface area (Å²) in [5, 5.41) is 13.5. The van der Waals surface area contributed by atoms with Crippen molar-refractivity contribution in [3.05, 3.63) is 74.8 Å². The minimum absolute atomic E-state index is 0.109. The Morgan fingerprint density at radius 1 is 1.03 bits per heavy atom. The lowest BCUT2D eigenvalue weighted by Crippen LogP contribution is -2.50. The molecule has 160 valence electrons. The summed E-state index contributed by atoms with van der Waals surface area (Å²) in [6.45, 7) is -0.307. The highest BCUT2D eigenvalue weighted by molar-refractivity contribution is 6.33. The Labute approximate surface area is 183 Å². The van der Waals surface area contributed by atoms with Gasteiger partial charge in [0.05, 0.1) is 39.5 Å². The number of amides is 3. The Balaban J connectivity index is 1.78. The number of para-hydroxylation sites is 1. The van der Waals surface area contributed by atoms with Crippen molar-refractivity contribution in [3.63, 3.8) is 0 Å². The van der Waals surface area contributed by atoms with Gasteiger partial charge in [0.15, 0.2) is 0 Å². The fourth-order valence-electron chi connectivity index (χ4n) is 4.37. The molecule has 0 unspecified atom stereocenters. The molecule has 2 aromatic carbocycles. The predicted octanol–water partition coefficient (Wildman–Crippen LogP) is 3.98. The van der Waals surface area contributed by atoms with Gasteiger partial charge in [-0.15, -0.1) is 0 Å². The minimum atomic E-state index is -0.663. The summed E-state index contributed by atoms with van der Waals surface area (Å²) in [6.07, 6.45) is 2.87. The van der Waals surface area contributed by atoms with E-state index >= 15 is 0 Å². The summed E-state index contributed by atoms with van der Waals surface area (Å²) in [6, 6.07) is 12.3. The number of benzene rings is 2. The fourth-order valence-corrected chi connectivity index (χ4v) is 4.59. The van der Waals surface area contributed by atoms with E-state index in [2.05, 4.69) is 0 Å². The van der Waals surface area contributed by atoms with Crippen molar-refractivity contribution in [1.82, 2.24) is 10.0 Å². The fraction of sp³-hybridized carbons (Fsp3) is 0.318. The van der Waals surface area contributed by atoms with Crippen molar-refractivity contribution >= 4 is 35.0 Å². The molecule has 9 heteroatoms. The van der Waals surface area contributed by atoms with Gasteiger partial charge in [-0.3, -0.25) is 24.5 Å². The van der Waals surface area contributed by atoms with Crippen LogP contribution in [0.15, 0.2) is 48.5 Å². The number of nitro benzene ring substituents is 1. The summed E-state index contributed by atoms with van der Waals surface area (Å²) in [4.78, 5) is 50.7. The van der Waals surface area contributed by atoms with Gasteiger partial charge in [-0.25, -0.2) is 5.01 Å². The molecule has 2 aliphatic rings. The van der Waals surface area contributed by atoms with E-state index in [1.165, 1.54) is 30.3 Å². The van der Waals surface area contributed by atoms with Crippen molar-refractivity contribution in [3.8, 4) is 0 Å². The van der Waals surface area contributed by atoms with Crippen molar-refractivity contribution in [2.24, 2.45) is 11.8 Å².